The fourth-order valence-electron chi connectivity index (χ4n) is 3.25. The third-order valence-corrected chi connectivity index (χ3v) is 4.47. The maximum atomic E-state index is 12.6. The lowest BCUT2D eigenvalue weighted by Crippen LogP contribution is -2.49. The molecule has 1 aromatic rings. The second-order valence-corrected chi connectivity index (χ2v) is 6.41. The van der Waals surface area contributed by atoms with Gasteiger partial charge in [0.2, 0.25) is 0 Å². The van der Waals surface area contributed by atoms with E-state index in [-0.39, 0.29) is 18.0 Å². The number of imide groups is 1. The molecule has 8 nitrogen and oxygen atoms in total. The molecule has 2 fully saturated rings. The van der Waals surface area contributed by atoms with E-state index < -0.39 is 5.54 Å². The monoisotopic (exact) mass is 316 g/mol. The van der Waals surface area contributed by atoms with Gasteiger partial charge in [-0.1, -0.05) is 0 Å². The van der Waals surface area contributed by atoms with Crippen LogP contribution >= 0.6 is 0 Å². The predicted molar refractivity (Wildman–Crippen MR) is 81.2 cm³/mol. The molecule has 0 aliphatic carbocycles. The SMILES string of the molecule is CC(C)N1C(=O)N[C@]2(CCN(CCn3cc(C#N)cn3)C2)C1=O. The minimum atomic E-state index is -0.775. The summed E-state index contributed by atoms with van der Waals surface area (Å²) in [4.78, 5) is 28.1. The third kappa shape index (κ3) is 2.68. The zero-order valence-corrected chi connectivity index (χ0v) is 13.3. The second-order valence-electron chi connectivity index (χ2n) is 6.41. The van der Waals surface area contributed by atoms with E-state index in [2.05, 4.69) is 15.3 Å². The molecule has 23 heavy (non-hydrogen) atoms. The zero-order chi connectivity index (χ0) is 16.6. The van der Waals surface area contributed by atoms with E-state index >= 15 is 0 Å². The van der Waals surface area contributed by atoms with Gasteiger partial charge < -0.3 is 5.32 Å². The minimum absolute atomic E-state index is 0.120. The highest BCUT2D eigenvalue weighted by Crippen LogP contribution is 2.29. The molecule has 1 aromatic heterocycles. The molecule has 3 heterocycles. The van der Waals surface area contributed by atoms with Gasteiger partial charge in [0.05, 0.1) is 18.3 Å². The topological polar surface area (TPSA) is 94.3 Å². The Morgan fingerprint density at radius 2 is 2.22 bits per heavy atom. The van der Waals surface area contributed by atoms with Crippen LogP contribution in [-0.2, 0) is 11.3 Å². The number of nitrogens with one attached hydrogen (secondary N) is 1. The second kappa shape index (κ2) is 5.66. The number of rotatable bonds is 4. The van der Waals surface area contributed by atoms with Gasteiger partial charge in [0, 0.05) is 31.9 Å². The lowest BCUT2D eigenvalue weighted by Gasteiger charge is -2.23. The fourth-order valence-corrected chi connectivity index (χ4v) is 3.25. The number of nitriles is 1. The van der Waals surface area contributed by atoms with E-state index in [0.717, 1.165) is 13.1 Å². The van der Waals surface area contributed by atoms with E-state index in [1.54, 1.807) is 10.9 Å². The van der Waals surface area contributed by atoms with Crippen LogP contribution in [0.4, 0.5) is 4.79 Å². The van der Waals surface area contributed by atoms with Gasteiger partial charge in [-0.3, -0.25) is 19.3 Å². The lowest BCUT2D eigenvalue weighted by atomic mass is 9.99. The van der Waals surface area contributed by atoms with Gasteiger partial charge in [-0.15, -0.1) is 0 Å². The smallest absolute Gasteiger partial charge is 0.322 e. The van der Waals surface area contributed by atoms with Gasteiger partial charge in [-0.05, 0) is 20.3 Å². The highest BCUT2D eigenvalue weighted by molar-refractivity contribution is 6.07. The molecule has 0 bridgehead atoms. The zero-order valence-electron chi connectivity index (χ0n) is 13.3. The van der Waals surface area contributed by atoms with Gasteiger partial charge in [-0.25, -0.2) is 4.79 Å². The molecule has 1 atom stereocenters. The summed E-state index contributed by atoms with van der Waals surface area (Å²) >= 11 is 0. The van der Waals surface area contributed by atoms with Crippen molar-refractivity contribution >= 4 is 11.9 Å². The molecule has 0 radical (unpaired) electrons. The van der Waals surface area contributed by atoms with E-state index in [1.165, 1.54) is 11.1 Å². The van der Waals surface area contributed by atoms with Gasteiger partial charge in [0.1, 0.15) is 11.6 Å². The van der Waals surface area contributed by atoms with Crippen molar-refractivity contribution in [3.05, 3.63) is 18.0 Å². The average Bonchev–Trinajstić information content (AvgIpc) is 3.17. The van der Waals surface area contributed by atoms with Gasteiger partial charge in [-0.2, -0.15) is 10.4 Å². The first kappa shape index (κ1) is 15.5. The molecular formula is C15H20N6O2. The van der Waals surface area contributed by atoms with Crippen LogP contribution in [0.3, 0.4) is 0 Å². The van der Waals surface area contributed by atoms with Crippen molar-refractivity contribution in [3.63, 3.8) is 0 Å². The number of nitrogens with zero attached hydrogens (tertiary/aromatic N) is 5. The molecule has 122 valence electrons. The number of carbonyl (C=O) groups is 2. The highest BCUT2D eigenvalue weighted by atomic mass is 16.2. The predicted octanol–water partition coefficient (Wildman–Crippen LogP) is 0.159. The van der Waals surface area contributed by atoms with Crippen LogP contribution in [0, 0.1) is 11.3 Å². The van der Waals surface area contributed by atoms with E-state index in [0.29, 0.717) is 25.1 Å². The first-order valence-electron chi connectivity index (χ1n) is 7.76. The van der Waals surface area contributed by atoms with Crippen molar-refractivity contribution in [2.24, 2.45) is 0 Å². The van der Waals surface area contributed by atoms with Crippen LogP contribution in [0.2, 0.25) is 0 Å². The summed E-state index contributed by atoms with van der Waals surface area (Å²) in [5, 5.41) is 15.8. The van der Waals surface area contributed by atoms with Crippen LogP contribution in [0.5, 0.6) is 0 Å². The number of aromatic nitrogens is 2. The summed E-state index contributed by atoms with van der Waals surface area (Å²) in [6.45, 7) is 6.33. The number of likely N-dealkylation sites (tertiary alicyclic amines) is 1. The Morgan fingerprint density at radius 1 is 1.43 bits per heavy atom. The van der Waals surface area contributed by atoms with Crippen LogP contribution < -0.4 is 5.32 Å². The minimum Gasteiger partial charge on any atom is -0.322 e. The third-order valence-electron chi connectivity index (χ3n) is 4.47. The maximum absolute atomic E-state index is 12.6. The summed E-state index contributed by atoms with van der Waals surface area (Å²) in [5.74, 6) is -0.120. The molecule has 0 aromatic carbocycles. The highest BCUT2D eigenvalue weighted by Gasteiger charge is 2.55. The molecule has 3 amide bonds. The summed E-state index contributed by atoms with van der Waals surface area (Å²) in [6, 6.07) is 1.62. The normalized spacial score (nSPS) is 24.7. The Morgan fingerprint density at radius 3 is 2.83 bits per heavy atom. The van der Waals surface area contributed by atoms with Gasteiger partial charge in [0.15, 0.2) is 0 Å². The number of carbonyl (C=O) groups excluding carboxylic acids is 2. The Hall–Kier alpha value is -2.40. The van der Waals surface area contributed by atoms with Crippen LogP contribution in [0.15, 0.2) is 12.4 Å². The molecule has 0 unspecified atom stereocenters. The maximum Gasteiger partial charge on any atom is 0.325 e. The standard InChI is InChI=1S/C15H20N6O2/c1-11(2)21-13(22)15(18-14(21)23)3-4-19(10-15)5-6-20-9-12(7-16)8-17-20/h8-9,11H,3-6,10H2,1-2H3,(H,18,23)/t15-/m0/s1. The largest absolute Gasteiger partial charge is 0.325 e. The average molecular weight is 316 g/mol. The quantitative estimate of drug-likeness (QED) is 0.799. The van der Waals surface area contributed by atoms with Crippen molar-refractivity contribution in [3.8, 4) is 6.07 Å². The summed E-state index contributed by atoms with van der Waals surface area (Å²) in [6.07, 6.45) is 3.87. The van der Waals surface area contributed by atoms with Crippen LogP contribution in [-0.4, -0.2) is 62.7 Å². The molecule has 1 spiro atoms. The number of hydrogen-bond acceptors (Lipinski definition) is 5. The van der Waals surface area contributed by atoms with E-state index in [4.69, 9.17) is 5.26 Å². The molecule has 8 heteroatoms. The Labute approximate surface area is 134 Å². The van der Waals surface area contributed by atoms with E-state index in [1.807, 2.05) is 19.9 Å². The van der Waals surface area contributed by atoms with Crippen molar-refractivity contribution in [1.29, 1.82) is 5.26 Å². The Balaban J connectivity index is 1.61. The lowest BCUT2D eigenvalue weighted by molar-refractivity contribution is -0.132. The molecule has 3 rings (SSSR count). The van der Waals surface area contributed by atoms with Crippen LogP contribution in [0.1, 0.15) is 25.8 Å². The first-order chi connectivity index (χ1) is 10.9. The molecular weight excluding hydrogens is 296 g/mol. The van der Waals surface area contributed by atoms with E-state index in [9.17, 15) is 9.59 Å². The summed E-state index contributed by atoms with van der Waals surface area (Å²) in [5.41, 5.74) is -0.239. The van der Waals surface area contributed by atoms with Crippen molar-refractivity contribution < 1.29 is 9.59 Å². The molecule has 1 N–H and O–H groups in total. The van der Waals surface area contributed by atoms with Gasteiger partial charge in [0.25, 0.3) is 5.91 Å². The molecule has 2 aliphatic heterocycles. The summed E-state index contributed by atoms with van der Waals surface area (Å²) in [7, 11) is 0. The molecule has 2 aliphatic rings. The van der Waals surface area contributed by atoms with Crippen LogP contribution in [0.25, 0.3) is 0 Å². The number of amides is 3. The molecule has 0 saturated carbocycles. The molecule has 2 saturated heterocycles. The Bertz CT molecular complexity index is 676. The fraction of sp³-hybridized carbons (Fsp3) is 0.600. The van der Waals surface area contributed by atoms with Crippen molar-refractivity contribution in [2.75, 3.05) is 19.6 Å². The number of urea groups is 1. The van der Waals surface area contributed by atoms with Gasteiger partial charge >= 0.3 is 6.03 Å². The first-order valence-corrected chi connectivity index (χ1v) is 7.76. The summed E-state index contributed by atoms with van der Waals surface area (Å²) < 4.78 is 1.72. The van der Waals surface area contributed by atoms with Crippen molar-refractivity contribution in [1.82, 2.24) is 24.9 Å². The van der Waals surface area contributed by atoms with Crippen molar-refractivity contribution in [2.45, 2.75) is 38.4 Å². The number of hydrogen-bond donors (Lipinski definition) is 1. The Kier molecular flexibility index (Phi) is 3.82.